The monoisotopic (exact) mass is 368 g/mol. The molecule has 1 aliphatic heterocycles. The standard InChI is InChI=1S/C17H37BN6O2/c1-12-6-5-7-14(10-12)21-17(25)23-16-20-13(2)11-15(22-16)19-8-9-24(4)18(3)26/h12-16,19-20,22,26H,5-11H2,1-4H3,(H2,21,23,25). The smallest absolute Gasteiger partial charge is 0.376 e. The number of nitrogens with one attached hydrogen (secondary N) is 5. The van der Waals surface area contributed by atoms with Gasteiger partial charge in [0.15, 0.2) is 0 Å². The quantitative estimate of drug-likeness (QED) is 0.356. The Morgan fingerprint density at radius 1 is 1.23 bits per heavy atom. The summed E-state index contributed by atoms with van der Waals surface area (Å²) in [5.41, 5.74) is 0. The highest BCUT2D eigenvalue weighted by Crippen LogP contribution is 2.23. The van der Waals surface area contributed by atoms with Gasteiger partial charge in [0.2, 0.25) is 0 Å². The number of amides is 2. The van der Waals surface area contributed by atoms with Crippen molar-refractivity contribution in [2.24, 2.45) is 5.92 Å². The van der Waals surface area contributed by atoms with E-state index >= 15 is 0 Å². The average Bonchev–Trinajstić information content (AvgIpc) is 2.53. The van der Waals surface area contributed by atoms with E-state index in [4.69, 9.17) is 0 Å². The van der Waals surface area contributed by atoms with Gasteiger partial charge in [0.05, 0.1) is 6.17 Å². The largest absolute Gasteiger partial charge is 0.437 e. The summed E-state index contributed by atoms with van der Waals surface area (Å²) in [6.07, 6.45) is 5.38. The van der Waals surface area contributed by atoms with Crippen LogP contribution >= 0.6 is 0 Å². The van der Waals surface area contributed by atoms with Crippen molar-refractivity contribution in [3.05, 3.63) is 0 Å². The zero-order valence-corrected chi connectivity index (χ0v) is 16.7. The molecule has 0 aromatic rings. The molecule has 2 amide bonds. The van der Waals surface area contributed by atoms with Gasteiger partial charge in [-0.25, -0.2) is 4.79 Å². The fourth-order valence-corrected chi connectivity index (χ4v) is 3.77. The van der Waals surface area contributed by atoms with Crippen LogP contribution in [0.15, 0.2) is 0 Å². The van der Waals surface area contributed by atoms with Crippen LogP contribution in [-0.2, 0) is 0 Å². The SMILES string of the molecule is CB(O)N(C)CCNC1CC(C)NC(NC(=O)NC2CCCC(C)C2)N1. The Kier molecular flexibility index (Phi) is 8.63. The first kappa shape index (κ1) is 21.4. The van der Waals surface area contributed by atoms with Gasteiger partial charge in [0, 0.05) is 25.2 Å². The molecule has 2 fully saturated rings. The third-order valence-electron chi connectivity index (χ3n) is 5.45. The summed E-state index contributed by atoms with van der Waals surface area (Å²) < 4.78 is 0. The van der Waals surface area contributed by atoms with Gasteiger partial charge in [0.1, 0.15) is 6.29 Å². The minimum absolute atomic E-state index is 0.115. The molecule has 2 aliphatic rings. The van der Waals surface area contributed by atoms with E-state index in [1.54, 1.807) is 6.82 Å². The lowest BCUT2D eigenvalue weighted by Crippen LogP contribution is -2.68. The Balaban J connectivity index is 1.71. The topological polar surface area (TPSA) is 101 Å². The highest BCUT2D eigenvalue weighted by atomic mass is 16.2. The Morgan fingerprint density at radius 3 is 2.69 bits per heavy atom. The number of urea groups is 1. The molecule has 1 heterocycles. The number of carbonyl (C=O) groups excluding carboxylic acids is 1. The molecule has 0 aromatic heterocycles. The molecule has 2 rings (SSSR count). The van der Waals surface area contributed by atoms with Gasteiger partial charge in [-0.3, -0.25) is 10.6 Å². The minimum Gasteiger partial charge on any atom is -0.437 e. The molecule has 0 radical (unpaired) electrons. The van der Waals surface area contributed by atoms with Crippen LogP contribution in [0.5, 0.6) is 0 Å². The number of carbonyl (C=O) groups is 1. The van der Waals surface area contributed by atoms with Crippen LogP contribution in [0.1, 0.15) is 46.0 Å². The lowest BCUT2D eigenvalue weighted by Gasteiger charge is -2.37. The summed E-state index contributed by atoms with van der Waals surface area (Å²) >= 11 is 0. The van der Waals surface area contributed by atoms with Crippen molar-refractivity contribution < 1.29 is 9.82 Å². The average molecular weight is 368 g/mol. The van der Waals surface area contributed by atoms with Crippen LogP contribution < -0.4 is 26.6 Å². The van der Waals surface area contributed by atoms with Gasteiger partial charge in [0.25, 0.3) is 0 Å². The lowest BCUT2D eigenvalue weighted by atomic mass is 9.86. The van der Waals surface area contributed by atoms with E-state index in [2.05, 4.69) is 40.4 Å². The molecular weight excluding hydrogens is 331 g/mol. The maximum atomic E-state index is 12.3. The van der Waals surface area contributed by atoms with Gasteiger partial charge < -0.3 is 25.8 Å². The Labute approximate surface area is 158 Å². The van der Waals surface area contributed by atoms with Crippen molar-refractivity contribution in [1.82, 2.24) is 31.4 Å². The van der Waals surface area contributed by atoms with Crippen molar-refractivity contribution in [1.29, 1.82) is 0 Å². The predicted octanol–water partition coefficient (Wildman–Crippen LogP) is 0.0771. The maximum Gasteiger partial charge on any atom is 0.376 e. The molecule has 26 heavy (non-hydrogen) atoms. The number of hydrogen-bond acceptors (Lipinski definition) is 6. The molecule has 1 saturated heterocycles. The van der Waals surface area contributed by atoms with E-state index in [0.717, 1.165) is 32.4 Å². The molecule has 5 unspecified atom stereocenters. The Bertz CT molecular complexity index is 441. The van der Waals surface area contributed by atoms with Crippen molar-refractivity contribution in [2.45, 2.75) is 77.3 Å². The minimum atomic E-state index is -0.447. The van der Waals surface area contributed by atoms with Gasteiger partial charge >= 0.3 is 13.1 Å². The van der Waals surface area contributed by atoms with E-state index in [-0.39, 0.29) is 24.5 Å². The number of likely N-dealkylation sites (N-methyl/N-ethyl adjacent to an activating group) is 1. The number of rotatable bonds is 7. The highest BCUT2D eigenvalue weighted by Gasteiger charge is 2.27. The summed E-state index contributed by atoms with van der Waals surface area (Å²) in [4.78, 5) is 14.2. The maximum absolute atomic E-state index is 12.3. The molecule has 6 N–H and O–H groups in total. The molecule has 1 saturated carbocycles. The van der Waals surface area contributed by atoms with Gasteiger partial charge in [-0.1, -0.05) is 19.8 Å². The zero-order valence-electron chi connectivity index (χ0n) is 16.7. The molecule has 5 atom stereocenters. The fourth-order valence-electron chi connectivity index (χ4n) is 3.77. The van der Waals surface area contributed by atoms with Crippen LogP contribution in [0.3, 0.4) is 0 Å². The molecule has 0 aromatic carbocycles. The van der Waals surface area contributed by atoms with Gasteiger partial charge in [-0.2, -0.15) is 0 Å². The fraction of sp³-hybridized carbons (Fsp3) is 0.941. The molecular formula is C17H37BN6O2. The second kappa shape index (κ2) is 10.5. The zero-order chi connectivity index (χ0) is 19.1. The molecule has 1 aliphatic carbocycles. The third kappa shape index (κ3) is 7.40. The van der Waals surface area contributed by atoms with Crippen LogP contribution in [-0.4, -0.2) is 67.6 Å². The van der Waals surface area contributed by atoms with Crippen LogP contribution in [0.2, 0.25) is 6.82 Å². The van der Waals surface area contributed by atoms with Crippen LogP contribution in [0.25, 0.3) is 0 Å². The predicted molar refractivity (Wildman–Crippen MR) is 105 cm³/mol. The van der Waals surface area contributed by atoms with Crippen LogP contribution in [0, 0.1) is 5.92 Å². The van der Waals surface area contributed by atoms with E-state index < -0.39 is 7.05 Å². The van der Waals surface area contributed by atoms with E-state index in [1.165, 1.54) is 12.8 Å². The Morgan fingerprint density at radius 2 is 2.00 bits per heavy atom. The first-order valence-corrected chi connectivity index (χ1v) is 10.0. The normalized spacial score (nSPS) is 32.3. The second-order valence-electron chi connectivity index (χ2n) is 8.11. The summed E-state index contributed by atoms with van der Waals surface area (Å²) in [6, 6.07) is 0.462. The lowest BCUT2D eigenvalue weighted by molar-refractivity contribution is 0.182. The number of nitrogens with zero attached hydrogens (tertiary/aromatic N) is 1. The van der Waals surface area contributed by atoms with E-state index in [9.17, 15) is 9.82 Å². The third-order valence-corrected chi connectivity index (χ3v) is 5.45. The van der Waals surface area contributed by atoms with Crippen LogP contribution in [0.4, 0.5) is 4.79 Å². The first-order chi connectivity index (χ1) is 12.3. The molecule has 0 bridgehead atoms. The molecule has 8 nitrogen and oxygen atoms in total. The molecule has 0 spiro atoms. The highest BCUT2D eigenvalue weighted by molar-refractivity contribution is 6.45. The van der Waals surface area contributed by atoms with Crippen molar-refractivity contribution in [2.75, 3.05) is 20.1 Å². The van der Waals surface area contributed by atoms with Gasteiger partial charge in [-0.05, 0) is 46.0 Å². The van der Waals surface area contributed by atoms with Crippen molar-refractivity contribution in [3.63, 3.8) is 0 Å². The van der Waals surface area contributed by atoms with E-state index in [1.807, 2.05) is 11.9 Å². The Hall–Kier alpha value is -0.865. The summed E-state index contributed by atoms with van der Waals surface area (Å²) in [5, 5.41) is 25.8. The summed E-state index contributed by atoms with van der Waals surface area (Å²) in [5.74, 6) is 0.688. The van der Waals surface area contributed by atoms with Crippen molar-refractivity contribution in [3.8, 4) is 0 Å². The van der Waals surface area contributed by atoms with Gasteiger partial charge in [-0.15, -0.1) is 0 Å². The number of hydrogen-bond donors (Lipinski definition) is 6. The molecule has 9 heteroatoms. The first-order valence-electron chi connectivity index (χ1n) is 10.0. The molecule has 150 valence electrons. The second-order valence-corrected chi connectivity index (χ2v) is 8.11. The van der Waals surface area contributed by atoms with Crippen molar-refractivity contribution >= 4 is 13.1 Å². The van der Waals surface area contributed by atoms with E-state index in [0.29, 0.717) is 12.0 Å². The summed E-state index contributed by atoms with van der Waals surface area (Å²) in [6.45, 7) is 7.66. The summed E-state index contributed by atoms with van der Waals surface area (Å²) in [7, 11) is 1.45.